The predicted octanol–water partition coefficient (Wildman–Crippen LogP) is 35.7. The van der Waals surface area contributed by atoms with E-state index >= 15 is 0 Å². The van der Waals surface area contributed by atoms with E-state index in [9.17, 15) is 0 Å². The van der Waals surface area contributed by atoms with Crippen LogP contribution in [-0.4, -0.2) is 36.6 Å². The molecule has 0 bridgehead atoms. The summed E-state index contributed by atoms with van der Waals surface area (Å²) < 4.78 is 0. The predicted molar refractivity (Wildman–Crippen MR) is 636 cm³/mol. The largest absolute Gasteiger partial charge is 0.295 e. The maximum atomic E-state index is 7.89. The van der Waals surface area contributed by atoms with Gasteiger partial charge in [0, 0.05) is 68.2 Å². The molecule has 150 heavy (non-hydrogen) atoms. The van der Waals surface area contributed by atoms with Gasteiger partial charge in [-0.3, -0.25) is 49.2 Å². The number of rotatable bonds is 20. The van der Waals surface area contributed by atoms with E-state index in [1.807, 2.05) is 73.3 Å². The molecular formula is C134H138BClN14. The number of aromatic nitrogens is 6. The van der Waals surface area contributed by atoms with Crippen molar-refractivity contribution in [1.82, 2.24) is 29.9 Å². The maximum Gasteiger partial charge on any atom is 0.256 e. The smallest absolute Gasteiger partial charge is 0.256 e. The molecule has 0 amide bonds. The molecular weight excluding hydrogens is 1850 g/mol. The fraction of sp³-hybridized carbons (Fsp3) is 0.239. The van der Waals surface area contributed by atoms with Crippen LogP contribution in [0.1, 0.15) is 211 Å². The molecule has 8 heterocycles. The van der Waals surface area contributed by atoms with Crippen LogP contribution in [0.25, 0.3) is 0 Å². The fourth-order valence-electron chi connectivity index (χ4n) is 20.0. The summed E-state index contributed by atoms with van der Waals surface area (Å²) >= 11 is 7.89. The number of pyridine rings is 6. The molecule has 0 fully saturated rings. The number of para-hydroxylation sites is 4. The van der Waals surface area contributed by atoms with Crippen LogP contribution in [0.5, 0.6) is 0 Å². The summed E-state index contributed by atoms with van der Waals surface area (Å²) in [7, 11) is 0. The lowest BCUT2D eigenvalue weighted by molar-refractivity contribution is 0.590. The lowest BCUT2D eigenvalue weighted by Gasteiger charge is -2.43. The Morgan fingerprint density at radius 1 is 0.200 bits per heavy atom. The lowest BCUT2D eigenvalue weighted by Crippen LogP contribution is -2.62. The third-order valence-electron chi connectivity index (χ3n) is 28.7. The zero-order valence-corrected chi connectivity index (χ0v) is 92.1. The minimum absolute atomic E-state index is 0.00104. The van der Waals surface area contributed by atoms with Gasteiger partial charge < -0.3 is 0 Å². The molecule has 0 atom stereocenters. The van der Waals surface area contributed by atoms with Crippen molar-refractivity contribution in [3.8, 4) is 0 Å². The summed E-state index contributed by atoms with van der Waals surface area (Å²) in [5.74, 6) is 6.15. The van der Waals surface area contributed by atoms with Crippen LogP contribution >= 0.6 is 11.6 Å². The highest BCUT2D eigenvalue weighted by Gasteiger charge is 2.46. The van der Waals surface area contributed by atoms with Crippen molar-refractivity contribution in [2.45, 2.75) is 209 Å². The number of hydrogen-bond acceptors (Lipinski definition) is 14. The average molecular weight is 1990 g/mol. The van der Waals surface area contributed by atoms with Crippen molar-refractivity contribution >= 4 is 172 Å². The van der Waals surface area contributed by atoms with E-state index in [-0.39, 0.29) is 50.0 Å². The number of halogens is 1. The van der Waals surface area contributed by atoms with E-state index in [1.165, 1.54) is 44.5 Å². The minimum atomic E-state index is -0.220. The molecule has 2 aliphatic heterocycles. The van der Waals surface area contributed by atoms with E-state index in [0.717, 1.165) is 131 Å². The first-order chi connectivity index (χ1) is 71.4. The Morgan fingerprint density at radius 2 is 0.400 bits per heavy atom. The van der Waals surface area contributed by atoms with Crippen LogP contribution in [-0.2, 0) is 43.3 Å². The average Bonchev–Trinajstić information content (AvgIpc) is 0.694. The fourth-order valence-corrected chi connectivity index (χ4v) is 20.2. The summed E-state index contributed by atoms with van der Waals surface area (Å²) in [6, 6.07) is 134. The molecule has 0 radical (unpaired) electrons. The van der Waals surface area contributed by atoms with Crippen LogP contribution in [0.4, 0.5) is 138 Å². The van der Waals surface area contributed by atoms with Crippen LogP contribution < -0.4 is 55.6 Å². The molecule has 0 unspecified atom stereocenters. The molecule has 0 N–H and O–H groups in total. The molecule has 0 spiro atoms. The summed E-state index contributed by atoms with van der Waals surface area (Å²) in [6.45, 7) is 53.8. The van der Waals surface area contributed by atoms with E-state index in [0.29, 0.717) is 28.0 Å². The lowest BCUT2D eigenvalue weighted by atomic mass is 9.34. The van der Waals surface area contributed by atoms with Crippen molar-refractivity contribution < 1.29 is 0 Å². The van der Waals surface area contributed by atoms with Gasteiger partial charge in [-0.05, 0) is 286 Å². The van der Waals surface area contributed by atoms with Crippen molar-refractivity contribution in [3.63, 3.8) is 0 Å². The maximum absolute atomic E-state index is 7.89. The third kappa shape index (κ3) is 21.4. The van der Waals surface area contributed by atoms with E-state index in [1.54, 1.807) is 0 Å². The van der Waals surface area contributed by atoms with Crippen molar-refractivity contribution in [2.24, 2.45) is 0 Å². The summed E-state index contributed by atoms with van der Waals surface area (Å²) in [5, 5.41) is 0.469. The van der Waals surface area contributed by atoms with E-state index in [4.69, 9.17) is 41.5 Å². The number of benzene rings is 12. The van der Waals surface area contributed by atoms with Gasteiger partial charge in [0.15, 0.2) is 0 Å². The Hall–Kier alpha value is -15.7. The monoisotopic (exact) mass is 1990 g/mol. The van der Waals surface area contributed by atoms with Gasteiger partial charge >= 0.3 is 0 Å². The van der Waals surface area contributed by atoms with Gasteiger partial charge in [-0.2, -0.15) is 0 Å². The second-order valence-electron chi connectivity index (χ2n) is 47.8. The highest BCUT2D eigenvalue weighted by atomic mass is 35.5. The molecule has 0 aliphatic carbocycles. The van der Waals surface area contributed by atoms with E-state index in [2.05, 4.69) is 533 Å². The number of hydrogen-bond donors (Lipinski definition) is 0. The zero-order chi connectivity index (χ0) is 106. The molecule has 18 aromatic rings. The number of anilines is 24. The van der Waals surface area contributed by atoms with Gasteiger partial charge in [-0.25, -0.2) is 19.9 Å². The summed E-state index contributed by atoms with van der Waals surface area (Å²) in [6.07, 6.45) is 7.67. The molecule has 12 aromatic carbocycles. The first-order valence-electron chi connectivity index (χ1n) is 52.4. The summed E-state index contributed by atoms with van der Waals surface area (Å²) in [4.78, 5) is 50.6. The molecule has 14 nitrogen and oxygen atoms in total. The quantitative estimate of drug-likeness (QED) is 0.0676. The molecule has 6 aromatic heterocycles. The van der Waals surface area contributed by atoms with Gasteiger partial charge in [0.05, 0.1) is 52.6 Å². The van der Waals surface area contributed by atoms with Crippen molar-refractivity contribution in [3.05, 3.63) is 450 Å². The van der Waals surface area contributed by atoms with Crippen LogP contribution in [0.3, 0.4) is 0 Å². The Morgan fingerprint density at radius 3 is 0.627 bits per heavy atom. The SMILES string of the molecule is CC(C)(C)c1ccc(N(c2ccc(C(C)(C)C)cc2)c2ccc3c(n2)N(c2ccccc2)c2cncc4c2B3c2ccc(N(c3ccc(C(C)(C)C)cc3)c3ccc(C(C)(C)C)cc3)nc2N4c2ccccc2)cc1.CC(C)(C)c1ccc(N(c2ccc(C(C)(C)C)cc2)c2cccc(N(c3ccccc3)c3cncc(N(c4ccccc4)c4cccc(N(c5ccc(C(C)(C)C)cc5)c5ccc(C(C)(C)C)cc5)n4)c3Cl)n2)cc1. The molecule has 16 heteroatoms. The van der Waals surface area contributed by atoms with Crippen LogP contribution in [0.15, 0.2) is 401 Å². The van der Waals surface area contributed by atoms with Gasteiger partial charge in [-0.1, -0.05) is 372 Å². The molecule has 754 valence electrons. The van der Waals surface area contributed by atoms with Gasteiger partial charge in [0.1, 0.15) is 46.5 Å². The minimum Gasteiger partial charge on any atom is -0.295 e. The second-order valence-corrected chi connectivity index (χ2v) is 48.2. The Labute approximate surface area is 895 Å². The Bertz CT molecular complexity index is 7110. The molecule has 20 rings (SSSR count). The number of fused-ring (bicyclic) bond motifs is 4. The van der Waals surface area contributed by atoms with Crippen molar-refractivity contribution in [1.29, 1.82) is 0 Å². The van der Waals surface area contributed by atoms with Gasteiger partial charge in [0.2, 0.25) is 0 Å². The normalized spacial score (nSPS) is 12.7. The third-order valence-corrected chi connectivity index (χ3v) is 29.1. The topological polar surface area (TPSA) is 103 Å². The second kappa shape index (κ2) is 40.7. The molecule has 0 saturated heterocycles. The molecule has 2 aliphatic rings. The standard InChI is InChI=1S/C67H68BN7.C67H70ClN7/c1-64(2,3)45-23-31-51(32-24-45)72(52-33-25-46(26-34-52)65(4,5)6)59-41-39-55-62(70-59)74(49-19-15-13-16-20-49)57-43-69-44-58-61(57)68(55)56-40-42-60(71-63(56)75(58)50-21-17-14-18-22-50)73(53-35-27-47(28-36-53)66(7,8)9)54-37-29-48(30-38-54)67(10,11)12;1-64(2,3)47-29-37-53(38-30-47)72(54-39-31-48(32-40-54)65(4,5)6)59-25-19-27-61(70-59)74(51-21-15-13-16-22-51)57-45-69-46-58(63(57)68)75(52-23-17-14-18-24-52)62-28-20-26-60(71-62)73(55-41-33-49(34-42-55)66(7,8)9)56-43-35-50(36-44-56)67(10,11)12/h13-44H,1-12H3;13-46H,1-12H3. The Balaban J connectivity index is 0.000000188. The highest BCUT2D eigenvalue weighted by Crippen LogP contribution is 2.52. The van der Waals surface area contributed by atoms with Crippen LogP contribution in [0, 0.1) is 0 Å². The first kappa shape index (κ1) is 103. The number of nitrogens with zero attached hydrogens (tertiary/aromatic N) is 14. The van der Waals surface area contributed by atoms with Crippen LogP contribution in [0.2, 0.25) is 5.02 Å². The van der Waals surface area contributed by atoms with E-state index < -0.39 is 0 Å². The zero-order valence-electron chi connectivity index (χ0n) is 91.3. The van der Waals surface area contributed by atoms with Gasteiger partial charge in [0.25, 0.3) is 6.71 Å². The van der Waals surface area contributed by atoms with Crippen molar-refractivity contribution in [2.75, 3.05) is 39.2 Å². The Kier molecular flexibility index (Phi) is 27.9. The first-order valence-corrected chi connectivity index (χ1v) is 52.8. The highest BCUT2D eigenvalue weighted by molar-refractivity contribution is 7.00. The van der Waals surface area contributed by atoms with Gasteiger partial charge in [-0.15, -0.1) is 0 Å². The summed E-state index contributed by atoms with van der Waals surface area (Å²) in [5.41, 5.74) is 28.7. The molecule has 0 saturated carbocycles.